The van der Waals surface area contributed by atoms with Gasteiger partial charge in [-0.1, -0.05) is 0 Å². The fourth-order valence-corrected chi connectivity index (χ4v) is 1.29. The molecule has 17 heavy (non-hydrogen) atoms. The van der Waals surface area contributed by atoms with E-state index in [-0.39, 0.29) is 12.4 Å². The molecule has 0 bridgehead atoms. The van der Waals surface area contributed by atoms with E-state index in [1.54, 1.807) is 30.3 Å². The zero-order valence-electron chi connectivity index (χ0n) is 8.97. The third-order valence-electron chi connectivity index (χ3n) is 2.19. The summed E-state index contributed by atoms with van der Waals surface area (Å²) in [5, 5.41) is 0. The summed E-state index contributed by atoms with van der Waals surface area (Å²) in [6.07, 6.45) is 1.92. The standard InChI is InChI=1S/C13H10FNO2/c14-11-3-4-12(15-7-11)9-17-13-5-1-10(8-16)2-6-13/h1-8H,9H2. The maximum Gasteiger partial charge on any atom is 0.150 e. The molecular weight excluding hydrogens is 221 g/mol. The minimum absolute atomic E-state index is 0.265. The molecule has 0 aliphatic heterocycles. The van der Waals surface area contributed by atoms with Gasteiger partial charge in [-0.3, -0.25) is 9.78 Å². The lowest BCUT2D eigenvalue weighted by Gasteiger charge is -2.05. The number of nitrogens with zero attached hydrogens (tertiary/aromatic N) is 1. The number of rotatable bonds is 4. The highest BCUT2D eigenvalue weighted by molar-refractivity contribution is 5.74. The zero-order valence-corrected chi connectivity index (χ0v) is 8.97. The highest BCUT2D eigenvalue weighted by atomic mass is 19.1. The second-order valence-electron chi connectivity index (χ2n) is 3.44. The van der Waals surface area contributed by atoms with Gasteiger partial charge in [-0.15, -0.1) is 0 Å². The average molecular weight is 231 g/mol. The maximum atomic E-state index is 12.6. The van der Waals surface area contributed by atoms with Gasteiger partial charge in [-0.2, -0.15) is 0 Å². The summed E-state index contributed by atoms with van der Waals surface area (Å²) in [4.78, 5) is 14.3. The van der Waals surface area contributed by atoms with Crippen molar-refractivity contribution in [3.8, 4) is 5.75 Å². The highest BCUT2D eigenvalue weighted by Gasteiger charge is 1.98. The number of pyridine rings is 1. The van der Waals surface area contributed by atoms with E-state index in [2.05, 4.69) is 4.98 Å². The Morgan fingerprint density at radius 2 is 1.94 bits per heavy atom. The Bertz CT molecular complexity index is 494. The van der Waals surface area contributed by atoms with Crippen molar-refractivity contribution in [2.24, 2.45) is 0 Å². The minimum atomic E-state index is -0.371. The predicted octanol–water partition coefficient (Wildman–Crippen LogP) is 2.61. The Kier molecular flexibility index (Phi) is 3.45. The molecule has 0 radical (unpaired) electrons. The molecular formula is C13H10FNO2. The zero-order chi connectivity index (χ0) is 12.1. The van der Waals surface area contributed by atoms with Crippen molar-refractivity contribution in [1.82, 2.24) is 4.98 Å². The summed E-state index contributed by atoms with van der Waals surface area (Å²) in [6.45, 7) is 0.265. The van der Waals surface area contributed by atoms with Crippen molar-refractivity contribution in [3.05, 3.63) is 59.7 Å². The third kappa shape index (κ3) is 3.11. The number of hydrogen-bond acceptors (Lipinski definition) is 3. The minimum Gasteiger partial charge on any atom is -0.487 e. The second-order valence-corrected chi connectivity index (χ2v) is 3.44. The Labute approximate surface area is 97.9 Å². The quantitative estimate of drug-likeness (QED) is 0.759. The molecule has 4 heteroatoms. The van der Waals surface area contributed by atoms with E-state index in [1.165, 1.54) is 6.07 Å². The molecule has 0 aliphatic rings. The molecule has 0 saturated carbocycles. The number of aldehydes is 1. The second kappa shape index (κ2) is 5.21. The van der Waals surface area contributed by atoms with Crippen LogP contribution < -0.4 is 4.74 Å². The van der Waals surface area contributed by atoms with Gasteiger partial charge in [0, 0.05) is 5.56 Å². The Hall–Kier alpha value is -2.23. The molecule has 1 aromatic heterocycles. The van der Waals surface area contributed by atoms with Gasteiger partial charge >= 0.3 is 0 Å². The van der Waals surface area contributed by atoms with Gasteiger partial charge in [-0.25, -0.2) is 4.39 Å². The van der Waals surface area contributed by atoms with E-state index in [0.29, 0.717) is 17.0 Å². The molecule has 2 rings (SSSR count). The molecule has 0 unspecified atom stereocenters. The fraction of sp³-hybridized carbons (Fsp3) is 0.0769. The molecule has 0 spiro atoms. The molecule has 0 aliphatic carbocycles. The van der Waals surface area contributed by atoms with Gasteiger partial charge in [0.1, 0.15) is 24.5 Å². The fourth-order valence-electron chi connectivity index (χ4n) is 1.29. The van der Waals surface area contributed by atoms with Crippen LogP contribution in [-0.4, -0.2) is 11.3 Å². The number of carbonyl (C=O) groups excluding carboxylic acids is 1. The van der Waals surface area contributed by atoms with Crippen molar-refractivity contribution >= 4 is 6.29 Å². The molecule has 0 amide bonds. The molecule has 0 fully saturated rings. The maximum absolute atomic E-state index is 12.6. The number of halogens is 1. The van der Waals surface area contributed by atoms with Gasteiger partial charge in [0.05, 0.1) is 11.9 Å². The molecule has 2 aromatic rings. The summed E-state index contributed by atoms with van der Waals surface area (Å²) in [5.74, 6) is 0.269. The van der Waals surface area contributed by atoms with Crippen LogP contribution in [-0.2, 0) is 6.61 Å². The number of ether oxygens (including phenoxy) is 1. The van der Waals surface area contributed by atoms with E-state index < -0.39 is 0 Å². The van der Waals surface area contributed by atoms with Crippen LogP contribution in [0.1, 0.15) is 16.1 Å². The van der Waals surface area contributed by atoms with Crippen LogP contribution in [0.4, 0.5) is 4.39 Å². The summed E-state index contributed by atoms with van der Waals surface area (Å²) in [6, 6.07) is 9.64. The lowest BCUT2D eigenvalue weighted by molar-refractivity contribution is 0.112. The Balaban J connectivity index is 1.97. The van der Waals surface area contributed by atoms with Crippen LogP contribution in [0, 0.1) is 5.82 Å². The van der Waals surface area contributed by atoms with Gasteiger partial charge in [-0.05, 0) is 36.4 Å². The van der Waals surface area contributed by atoms with Crippen molar-refractivity contribution in [1.29, 1.82) is 0 Å². The average Bonchev–Trinajstić information content (AvgIpc) is 2.39. The van der Waals surface area contributed by atoms with Crippen molar-refractivity contribution < 1.29 is 13.9 Å². The van der Waals surface area contributed by atoms with E-state index in [1.807, 2.05) is 0 Å². The Morgan fingerprint density at radius 3 is 2.53 bits per heavy atom. The molecule has 3 nitrogen and oxygen atoms in total. The van der Waals surface area contributed by atoms with Gasteiger partial charge in [0.25, 0.3) is 0 Å². The van der Waals surface area contributed by atoms with Crippen molar-refractivity contribution in [3.63, 3.8) is 0 Å². The molecule has 0 atom stereocenters. The van der Waals surface area contributed by atoms with Crippen LogP contribution in [0.25, 0.3) is 0 Å². The van der Waals surface area contributed by atoms with E-state index in [4.69, 9.17) is 4.74 Å². The SMILES string of the molecule is O=Cc1ccc(OCc2ccc(F)cn2)cc1. The molecule has 0 saturated heterocycles. The van der Waals surface area contributed by atoms with Crippen LogP contribution in [0.2, 0.25) is 0 Å². The van der Waals surface area contributed by atoms with Crippen LogP contribution in [0.15, 0.2) is 42.6 Å². The first-order valence-corrected chi connectivity index (χ1v) is 5.06. The first-order valence-electron chi connectivity index (χ1n) is 5.06. The van der Waals surface area contributed by atoms with E-state index in [9.17, 15) is 9.18 Å². The van der Waals surface area contributed by atoms with Crippen molar-refractivity contribution in [2.45, 2.75) is 6.61 Å². The first kappa shape index (κ1) is 11.3. The van der Waals surface area contributed by atoms with E-state index in [0.717, 1.165) is 12.5 Å². The van der Waals surface area contributed by atoms with Crippen LogP contribution in [0.3, 0.4) is 0 Å². The predicted molar refractivity (Wildman–Crippen MR) is 60.4 cm³/mol. The monoisotopic (exact) mass is 231 g/mol. The first-order chi connectivity index (χ1) is 8.28. The molecule has 1 heterocycles. The smallest absolute Gasteiger partial charge is 0.150 e. The normalized spacial score (nSPS) is 9.94. The summed E-state index contributed by atoms with van der Waals surface area (Å²) >= 11 is 0. The van der Waals surface area contributed by atoms with Crippen molar-refractivity contribution in [2.75, 3.05) is 0 Å². The summed E-state index contributed by atoms with van der Waals surface area (Å²) in [5.41, 5.74) is 1.24. The van der Waals surface area contributed by atoms with Crippen LogP contribution >= 0.6 is 0 Å². The largest absolute Gasteiger partial charge is 0.487 e. The third-order valence-corrected chi connectivity index (χ3v) is 2.19. The molecule has 1 aromatic carbocycles. The number of hydrogen-bond donors (Lipinski definition) is 0. The van der Waals surface area contributed by atoms with Gasteiger partial charge in [0.15, 0.2) is 0 Å². The number of carbonyl (C=O) groups is 1. The number of benzene rings is 1. The Morgan fingerprint density at radius 1 is 1.18 bits per heavy atom. The highest BCUT2D eigenvalue weighted by Crippen LogP contribution is 2.12. The molecule has 86 valence electrons. The van der Waals surface area contributed by atoms with E-state index >= 15 is 0 Å². The summed E-state index contributed by atoms with van der Waals surface area (Å²) in [7, 11) is 0. The number of aromatic nitrogens is 1. The van der Waals surface area contributed by atoms with Crippen LogP contribution in [0.5, 0.6) is 5.75 Å². The lowest BCUT2D eigenvalue weighted by atomic mass is 10.2. The van der Waals surface area contributed by atoms with Gasteiger partial charge in [0.2, 0.25) is 0 Å². The molecule has 0 N–H and O–H groups in total. The topological polar surface area (TPSA) is 39.2 Å². The lowest BCUT2D eigenvalue weighted by Crippen LogP contribution is -1.98. The van der Waals surface area contributed by atoms with Gasteiger partial charge < -0.3 is 4.74 Å². The summed E-state index contributed by atoms with van der Waals surface area (Å²) < 4.78 is 18.0.